The summed E-state index contributed by atoms with van der Waals surface area (Å²) in [6, 6.07) is 55.2. The van der Waals surface area contributed by atoms with E-state index in [0.717, 1.165) is 6.42 Å². The van der Waals surface area contributed by atoms with Gasteiger partial charge in [0.2, 0.25) is 0 Å². The Bertz CT molecular complexity index is 2250. The van der Waals surface area contributed by atoms with Crippen molar-refractivity contribution in [2.75, 3.05) is 4.90 Å². The van der Waals surface area contributed by atoms with E-state index in [4.69, 9.17) is 0 Å². The highest BCUT2D eigenvalue weighted by Crippen LogP contribution is 2.50. The molecule has 0 amide bonds. The van der Waals surface area contributed by atoms with Crippen LogP contribution in [0.1, 0.15) is 17.5 Å². The molecule has 2 heteroatoms. The third-order valence-electron chi connectivity index (χ3n) is 9.31. The lowest BCUT2D eigenvalue weighted by atomic mass is 9.86. The first-order valence-corrected chi connectivity index (χ1v) is 15.4. The Morgan fingerprint density at radius 2 is 1.16 bits per heavy atom. The number of anilines is 2. The maximum absolute atomic E-state index is 2.56. The summed E-state index contributed by atoms with van der Waals surface area (Å²) in [5.41, 5.74) is 14.1. The zero-order chi connectivity index (χ0) is 29.0. The van der Waals surface area contributed by atoms with E-state index < -0.39 is 0 Å². The number of para-hydroxylation sites is 3. The summed E-state index contributed by atoms with van der Waals surface area (Å²) in [7, 11) is 0. The van der Waals surface area contributed by atoms with Crippen LogP contribution in [-0.4, -0.2) is 10.6 Å². The van der Waals surface area contributed by atoms with Gasteiger partial charge in [0.25, 0.3) is 0 Å². The molecule has 0 saturated heterocycles. The maximum atomic E-state index is 2.56. The fourth-order valence-corrected chi connectivity index (χ4v) is 7.41. The molecule has 1 aliphatic heterocycles. The van der Waals surface area contributed by atoms with Crippen LogP contribution >= 0.6 is 0 Å². The Labute approximate surface area is 257 Å². The van der Waals surface area contributed by atoms with Crippen molar-refractivity contribution in [3.63, 3.8) is 0 Å². The summed E-state index contributed by atoms with van der Waals surface area (Å²) in [4.78, 5) is 2.56. The van der Waals surface area contributed by atoms with Gasteiger partial charge in [-0.05, 0) is 76.7 Å². The van der Waals surface area contributed by atoms with E-state index >= 15 is 0 Å². The number of aromatic nitrogens is 1. The van der Waals surface area contributed by atoms with Crippen LogP contribution in [0.25, 0.3) is 49.8 Å². The molecule has 0 N–H and O–H groups in total. The van der Waals surface area contributed by atoms with Crippen LogP contribution < -0.4 is 4.90 Å². The number of nitrogens with zero attached hydrogens (tertiary/aromatic N) is 2. The first kappa shape index (κ1) is 24.9. The van der Waals surface area contributed by atoms with Gasteiger partial charge in [0.1, 0.15) is 0 Å². The van der Waals surface area contributed by atoms with Gasteiger partial charge in [0, 0.05) is 33.4 Å². The van der Waals surface area contributed by atoms with Gasteiger partial charge in [-0.3, -0.25) is 0 Å². The van der Waals surface area contributed by atoms with E-state index in [1.54, 1.807) is 0 Å². The van der Waals surface area contributed by atoms with Gasteiger partial charge in [-0.25, -0.2) is 0 Å². The molecule has 0 spiro atoms. The highest BCUT2D eigenvalue weighted by atomic mass is 15.2. The van der Waals surface area contributed by atoms with Crippen LogP contribution in [0.15, 0.2) is 164 Å². The second-order valence-corrected chi connectivity index (χ2v) is 11.7. The van der Waals surface area contributed by atoms with E-state index in [-0.39, 0.29) is 6.04 Å². The number of allylic oxidation sites excluding steroid dienone is 2. The van der Waals surface area contributed by atoms with Crippen molar-refractivity contribution < 1.29 is 0 Å². The molecule has 0 fully saturated rings. The van der Waals surface area contributed by atoms with Crippen molar-refractivity contribution >= 4 is 44.3 Å². The summed E-state index contributed by atoms with van der Waals surface area (Å²) in [6.45, 7) is 0. The minimum Gasteiger partial charge on any atom is -0.333 e. The number of benzene rings is 6. The average molecular weight is 563 g/mol. The van der Waals surface area contributed by atoms with Crippen molar-refractivity contribution in [1.29, 1.82) is 0 Å². The predicted molar refractivity (Wildman–Crippen MR) is 186 cm³/mol. The Morgan fingerprint density at radius 1 is 0.500 bits per heavy atom. The Balaban J connectivity index is 1.20. The lowest BCUT2D eigenvalue weighted by Crippen LogP contribution is -2.28. The third kappa shape index (κ3) is 3.81. The van der Waals surface area contributed by atoms with Crippen LogP contribution in [0.5, 0.6) is 0 Å². The van der Waals surface area contributed by atoms with Crippen LogP contribution in [0.3, 0.4) is 0 Å². The van der Waals surface area contributed by atoms with Gasteiger partial charge < -0.3 is 9.47 Å². The van der Waals surface area contributed by atoms with E-state index in [1.807, 2.05) is 0 Å². The first-order valence-electron chi connectivity index (χ1n) is 15.4. The molecule has 208 valence electrons. The Hall–Kier alpha value is -5.60. The van der Waals surface area contributed by atoms with Gasteiger partial charge in [-0.1, -0.05) is 121 Å². The topological polar surface area (TPSA) is 8.17 Å². The van der Waals surface area contributed by atoms with Gasteiger partial charge in [0.05, 0.1) is 17.1 Å². The van der Waals surface area contributed by atoms with E-state index in [2.05, 4.69) is 173 Å². The van der Waals surface area contributed by atoms with Crippen molar-refractivity contribution in [2.24, 2.45) is 0 Å². The van der Waals surface area contributed by atoms with E-state index in [0.29, 0.717) is 0 Å². The SMILES string of the molecule is C1=C(c2cccc3c2c2ccccc2n3-c2ccccc2)CC2C(=C1)c1ccccc1N2c1cccc(-c2ccccc2)c1. The standard InChI is InChI=1S/C42H30N2/c1-3-13-29(14-4-1)30-15-11-18-33(27-30)44-38-22-9-7-19-35(38)36-26-25-31(28-41(36)44)34-21-12-24-40-42(34)37-20-8-10-23-39(37)43(40)32-16-5-2-6-17-32/h1-27,41H,28H2. The maximum Gasteiger partial charge on any atom is 0.0638 e. The Morgan fingerprint density at radius 3 is 2.05 bits per heavy atom. The monoisotopic (exact) mass is 562 g/mol. The van der Waals surface area contributed by atoms with Crippen molar-refractivity contribution in [3.8, 4) is 16.8 Å². The minimum absolute atomic E-state index is 0.219. The minimum atomic E-state index is 0.219. The summed E-state index contributed by atoms with van der Waals surface area (Å²) in [5.74, 6) is 0. The number of fused-ring (bicyclic) bond motifs is 6. The molecule has 1 aromatic heterocycles. The van der Waals surface area contributed by atoms with Crippen LogP contribution in [0.2, 0.25) is 0 Å². The molecular formula is C42H30N2. The molecule has 2 aliphatic rings. The van der Waals surface area contributed by atoms with E-state index in [1.165, 1.54) is 72.3 Å². The molecule has 0 bridgehead atoms. The zero-order valence-corrected chi connectivity index (χ0v) is 24.3. The molecule has 2 nitrogen and oxygen atoms in total. The van der Waals surface area contributed by atoms with E-state index in [9.17, 15) is 0 Å². The lowest BCUT2D eigenvalue weighted by molar-refractivity contribution is 0.841. The van der Waals surface area contributed by atoms with Gasteiger partial charge >= 0.3 is 0 Å². The summed E-state index contributed by atoms with van der Waals surface area (Å²) in [6.07, 6.45) is 5.68. The van der Waals surface area contributed by atoms with Crippen molar-refractivity contribution in [2.45, 2.75) is 12.5 Å². The first-order chi connectivity index (χ1) is 21.8. The predicted octanol–water partition coefficient (Wildman–Crippen LogP) is 10.8. The molecule has 44 heavy (non-hydrogen) atoms. The molecule has 9 rings (SSSR count). The number of hydrogen-bond donors (Lipinski definition) is 0. The van der Waals surface area contributed by atoms with Gasteiger partial charge in [-0.15, -0.1) is 0 Å². The molecule has 0 saturated carbocycles. The highest BCUT2D eigenvalue weighted by Gasteiger charge is 2.37. The Kier molecular flexibility index (Phi) is 5.67. The zero-order valence-electron chi connectivity index (χ0n) is 24.3. The largest absolute Gasteiger partial charge is 0.333 e. The van der Waals surface area contributed by atoms with Crippen LogP contribution in [0.4, 0.5) is 11.4 Å². The van der Waals surface area contributed by atoms with Gasteiger partial charge in [0.15, 0.2) is 0 Å². The van der Waals surface area contributed by atoms with Crippen LogP contribution in [-0.2, 0) is 0 Å². The molecule has 1 unspecified atom stereocenters. The average Bonchev–Trinajstić information content (AvgIpc) is 3.62. The molecule has 0 radical (unpaired) electrons. The fourth-order valence-electron chi connectivity index (χ4n) is 7.41. The molecular weight excluding hydrogens is 532 g/mol. The van der Waals surface area contributed by atoms with Crippen LogP contribution in [0, 0.1) is 0 Å². The summed E-state index contributed by atoms with van der Waals surface area (Å²) in [5, 5.41) is 2.61. The second kappa shape index (κ2) is 10.00. The molecule has 2 heterocycles. The summed E-state index contributed by atoms with van der Waals surface area (Å²) < 4.78 is 2.41. The smallest absolute Gasteiger partial charge is 0.0638 e. The molecule has 1 aliphatic carbocycles. The fraction of sp³-hybridized carbons (Fsp3) is 0.0476. The second-order valence-electron chi connectivity index (χ2n) is 11.7. The lowest BCUT2D eigenvalue weighted by Gasteiger charge is -2.31. The van der Waals surface area contributed by atoms with Crippen molar-refractivity contribution in [1.82, 2.24) is 4.57 Å². The molecule has 1 atom stereocenters. The highest BCUT2D eigenvalue weighted by molar-refractivity contribution is 6.14. The summed E-state index contributed by atoms with van der Waals surface area (Å²) >= 11 is 0. The molecule has 7 aromatic rings. The van der Waals surface area contributed by atoms with Gasteiger partial charge in [-0.2, -0.15) is 0 Å². The quantitative estimate of drug-likeness (QED) is 0.207. The van der Waals surface area contributed by atoms with Crippen molar-refractivity contribution in [3.05, 3.63) is 175 Å². The number of rotatable bonds is 4. The normalized spacial score (nSPS) is 15.6. The number of hydrogen-bond acceptors (Lipinski definition) is 1. The third-order valence-corrected chi connectivity index (χ3v) is 9.31. The molecule has 6 aromatic carbocycles.